The van der Waals surface area contributed by atoms with Crippen LogP contribution in [-0.2, 0) is 4.79 Å². The molecule has 0 aliphatic heterocycles. The topological polar surface area (TPSA) is 29.1 Å². The Balaban J connectivity index is 3.89. The molecule has 2 heteroatoms. The van der Waals surface area contributed by atoms with Gasteiger partial charge in [0.15, 0.2) is 0 Å². The Morgan fingerprint density at radius 3 is 2.12 bits per heavy atom. The molecular weight excluding hydrogens is 210 g/mol. The number of hydrogen-bond donors (Lipinski definition) is 1. The molecule has 1 atom stereocenters. The molecule has 17 heavy (non-hydrogen) atoms. The lowest BCUT2D eigenvalue weighted by Crippen LogP contribution is -2.31. The first kappa shape index (κ1) is 16.5. The van der Waals surface area contributed by atoms with Crippen molar-refractivity contribution in [3.05, 3.63) is 0 Å². The van der Waals surface area contributed by atoms with Crippen molar-refractivity contribution in [2.45, 2.75) is 78.6 Å². The molecule has 0 saturated carbocycles. The van der Waals surface area contributed by atoms with E-state index in [9.17, 15) is 4.79 Å². The van der Waals surface area contributed by atoms with Crippen molar-refractivity contribution in [2.75, 3.05) is 6.54 Å². The van der Waals surface area contributed by atoms with E-state index in [2.05, 4.69) is 26.1 Å². The minimum atomic E-state index is 0.262. The van der Waals surface area contributed by atoms with Gasteiger partial charge in [-0.3, -0.25) is 4.79 Å². The van der Waals surface area contributed by atoms with Gasteiger partial charge in [-0.1, -0.05) is 59.3 Å². The predicted octanol–water partition coefficient (Wildman–Crippen LogP) is 4.29. The highest BCUT2D eigenvalue weighted by Gasteiger charge is 2.16. The second-order valence-electron chi connectivity index (χ2n) is 4.98. The van der Waals surface area contributed by atoms with Gasteiger partial charge in [0, 0.05) is 12.5 Å². The van der Waals surface area contributed by atoms with Crippen molar-refractivity contribution < 1.29 is 4.79 Å². The summed E-state index contributed by atoms with van der Waals surface area (Å²) < 4.78 is 0. The number of nitrogens with one attached hydrogen (secondary N) is 1. The molecule has 1 amide bonds. The van der Waals surface area contributed by atoms with Crippen molar-refractivity contribution in [1.82, 2.24) is 5.32 Å². The fourth-order valence-corrected chi connectivity index (χ4v) is 2.07. The summed E-state index contributed by atoms with van der Waals surface area (Å²) in [6.07, 6.45) is 10.6. The molecule has 0 aromatic heterocycles. The number of amides is 1. The van der Waals surface area contributed by atoms with Crippen LogP contribution in [0.25, 0.3) is 0 Å². The number of carbonyl (C=O) groups excluding carboxylic acids is 1. The molecule has 0 radical (unpaired) electrons. The first-order valence-corrected chi connectivity index (χ1v) is 7.53. The average Bonchev–Trinajstić information content (AvgIpc) is 2.35. The molecule has 0 aliphatic carbocycles. The fourth-order valence-electron chi connectivity index (χ4n) is 2.07. The lowest BCUT2D eigenvalue weighted by atomic mass is 9.94. The van der Waals surface area contributed by atoms with E-state index in [1.165, 1.54) is 38.5 Å². The molecule has 102 valence electrons. The molecule has 1 N–H and O–H groups in total. The highest BCUT2D eigenvalue weighted by molar-refractivity contribution is 5.78. The van der Waals surface area contributed by atoms with Crippen LogP contribution in [0.2, 0.25) is 0 Å². The maximum atomic E-state index is 12.0. The highest BCUT2D eigenvalue weighted by atomic mass is 16.1. The minimum absolute atomic E-state index is 0.262. The number of hydrogen-bond acceptors (Lipinski definition) is 1. The Morgan fingerprint density at radius 1 is 0.882 bits per heavy atom. The molecule has 0 bridgehead atoms. The molecule has 0 saturated heterocycles. The molecule has 0 aromatic carbocycles. The zero-order valence-electron chi connectivity index (χ0n) is 12.1. The van der Waals surface area contributed by atoms with Gasteiger partial charge in [0.25, 0.3) is 0 Å². The zero-order chi connectivity index (χ0) is 12.9. The lowest BCUT2D eigenvalue weighted by Gasteiger charge is -2.16. The summed E-state index contributed by atoms with van der Waals surface area (Å²) in [7, 11) is 0. The number of carbonyl (C=O) groups is 1. The van der Waals surface area contributed by atoms with Crippen LogP contribution in [-0.4, -0.2) is 12.5 Å². The largest absolute Gasteiger partial charge is 0.356 e. The second-order valence-corrected chi connectivity index (χ2v) is 4.98. The van der Waals surface area contributed by atoms with Crippen molar-refractivity contribution in [2.24, 2.45) is 5.92 Å². The molecule has 2 nitrogen and oxygen atoms in total. The Labute approximate surface area is 108 Å². The van der Waals surface area contributed by atoms with Gasteiger partial charge in [-0.25, -0.2) is 0 Å². The van der Waals surface area contributed by atoms with Crippen LogP contribution in [0.5, 0.6) is 0 Å². The Morgan fingerprint density at radius 2 is 1.53 bits per heavy atom. The first-order valence-electron chi connectivity index (χ1n) is 7.53. The molecule has 0 aliphatic rings. The van der Waals surface area contributed by atoms with Crippen LogP contribution in [0, 0.1) is 5.92 Å². The van der Waals surface area contributed by atoms with Gasteiger partial charge in [-0.2, -0.15) is 0 Å². The zero-order valence-corrected chi connectivity index (χ0v) is 12.1. The van der Waals surface area contributed by atoms with Gasteiger partial charge in [0.05, 0.1) is 0 Å². The normalized spacial score (nSPS) is 12.4. The third-order valence-corrected chi connectivity index (χ3v) is 3.23. The van der Waals surface area contributed by atoms with E-state index < -0.39 is 0 Å². The third-order valence-electron chi connectivity index (χ3n) is 3.23. The Kier molecular flexibility index (Phi) is 11.6. The predicted molar refractivity (Wildman–Crippen MR) is 75.1 cm³/mol. The summed E-state index contributed by atoms with van der Waals surface area (Å²) in [6, 6.07) is 0. The maximum absolute atomic E-state index is 12.0. The number of unbranched alkanes of at least 4 members (excludes halogenated alkanes) is 4. The van der Waals surface area contributed by atoms with E-state index >= 15 is 0 Å². The Bertz CT molecular complexity index is 180. The number of rotatable bonds is 11. The van der Waals surface area contributed by atoms with Crippen LogP contribution in [0.4, 0.5) is 0 Å². The van der Waals surface area contributed by atoms with Crippen molar-refractivity contribution in [1.29, 1.82) is 0 Å². The monoisotopic (exact) mass is 241 g/mol. The van der Waals surface area contributed by atoms with E-state index in [4.69, 9.17) is 0 Å². The summed E-state index contributed by atoms with van der Waals surface area (Å²) in [5.74, 6) is 0.551. The van der Waals surface area contributed by atoms with Gasteiger partial charge in [0.2, 0.25) is 5.91 Å². The van der Waals surface area contributed by atoms with Crippen LogP contribution in [0.3, 0.4) is 0 Å². The summed E-state index contributed by atoms with van der Waals surface area (Å²) in [4.78, 5) is 12.0. The van der Waals surface area contributed by atoms with E-state index in [1.807, 2.05) is 0 Å². The van der Waals surface area contributed by atoms with Crippen LogP contribution in [0.15, 0.2) is 0 Å². The van der Waals surface area contributed by atoms with E-state index in [0.29, 0.717) is 0 Å². The van der Waals surface area contributed by atoms with E-state index in [1.54, 1.807) is 0 Å². The van der Waals surface area contributed by atoms with Gasteiger partial charge in [0.1, 0.15) is 0 Å². The molecule has 0 rings (SSSR count). The maximum Gasteiger partial charge on any atom is 0.223 e. The van der Waals surface area contributed by atoms with Gasteiger partial charge < -0.3 is 5.32 Å². The summed E-state index contributed by atoms with van der Waals surface area (Å²) in [5, 5.41) is 3.04. The lowest BCUT2D eigenvalue weighted by molar-refractivity contribution is -0.125. The second kappa shape index (κ2) is 11.9. The van der Waals surface area contributed by atoms with Crippen LogP contribution < -0.4 is 5.32 Å². The van der Waals surface area contributed by atoms with Crippen molar-refractivity contribution in [3.8, 4) is 0 Å². The molecular formula is C15H31NO. The van der Waals surface area contributed by atoms with Gasteiger partial charge in [-0.05, 0) is 19.3 Å². The van der Waals surface area contributed by atoms with E-state index in [-0.39, 0.29) is 11.8 Å². The Hall–Kier alpha value is -0.530. The standard InChI is InChI=1S/C15H31NO/c1-4-7-9-10-12-14(11-8-5-2)15(17)16-13-6-3/h14H,4-13H2,1-3H3,(H,16,17). The molecule has 1 unspecified atom stereocenters. The summed E-state index contributed by atoms with van der Waals surface area (Å²) >= 11 is 0. The molecule has 0 spiro atoms. The highest BCUT2D eigenvalue weighted by Crippen LogP contribution is 2.17. The smallest absolute Gasteiger partial charge is 0.223 e. The van der Waals surface area contributed by atoms with Crippen molar-refractivity contribution >= 4 is 5.91 Å². The molecule has 0 aromatic rings. The molecule has 0 fully saturated rings. The van der Waals surface area contributed by atoms with Crippen molar-refractivity contribution in [3.63, 3.8) is 0 Å². The third kappa shape index (κ3) is 9.20. The molecule has 0 heterocycles. The summed E-state index contributed by atoms with van der Waals surface area (Å²) in [5.41, 5.74) is 0. The van der Waals surface area contributed by atoms with Crippen LogP contribution >= 0.6 is 0 Å². The first-order chi connectivity index (χ1) is 8.26. The SMILES string of the molecule is CCCCCCC(CCCC)C(=O)NCCC. The average molecular weight is 241 g/mol. The van der Waals surface area contributed by atoms with Crippen LogP contribution in [0.1, 0.15) is 78.6 Å². The minimum Gasteiger partial charge on any atom is -0.356 e. The van der Waals surface area contributed by atoms with E-state index in [0.717, 1.165) is 25.8 Å². The fraction of sp³-hybridized carbons (Fsp3) is 0.933. The quantitative estimate of drug-likeness (QED) is 0.537. The van der Waals surface area contributed by atoms with Gasteiger partial charge in [-0.15, -0.1) is 0 Å². The van der Waals surface area contributed by atoms with Gasteiger partial charge >= 0.3 is 0 Å². The summed E-state index contributed by atoms with van der Waals surface area (Å²) in [6.45, 7) is 7.35.